The Labute approximate surface area is 182 Å². The van der Waals surface area contributed by atoms with E-state index in [1.54, 1.807) is 0 Å². The smallest absolute Gasteiger partial charge is 0.326 e. The van der Waals surface area contributed by atoms with E-state index >= 15 is 0 Å². The average Bonchev–Trinajstić information content (AvgIpc) is 2.70. The molecular formula is C16H26N4O10S. The Morgan fingerprint density at radius 3 is 1.58 bits per heavy atom. The number of aliphatic hydroxyl groups excluding tert-OH is 1. The molecule has 0 saturated carbocycles. The molecule has 176 valence electrons. The molecule has 0 aliphatic carbocycles. The third-order valence-electron chi connectivity index (χ3n) is 3.89. The molecule has 31 heavy (non-hydrogen) atoms. The maximum atomic E-state index is 12.4. The van der Waals surface area contributed by atoms with Crippen molar-refractivity contribution in [1.82, 2.24) is 16.0 Å². The lowest BCUT2D eigenvalue weighted by Gasteiger charge is -2.24. The maximum Gasteiger partial charge on any atom is 0.326 e. The van der Waals surface area contributed by atoms with Crippen LogP contribution in [0.15, 0.2) is 0 Å². The number of carboxylic acids is 3. The van der Waals surface area contributed by atoms with E-state index in [4.69, 9.17) is 26.2 Å². The molecule has 0 heterocycles. The fraction of sp³-hybridized carbons (Fsp3) is 0.625. The van der Waals surface area contributed by atoms with Crippen LogP contribution in [-0.2, 0) is 28.8 Å². The van der Waals surface area contributed by atoms with Crippen molar-refractivity contribution in [3.05, 3.63) is 0 Å². The summed E-state index contributed by atoms with van der Waals surface area (Å²) < 4.78 is 0. The van der Waals surface area contributed by atoms with Gasteiger partial charge in [0.25, 0.3) is 0 Å². The van der Waals surface area contributed by atoms with Crippen LogP contribution in [0.5, 0.6) is 0 Å². The molecule has 0 bridgehead atoms. The van der Waals surface area contributed by atoms with Gasteiger partial charge in [-0.05, 0) is 12.8 Å². The van der Waals surface area contributed by atoms with E-state index in [1.165, 1.54) is 0 Å². The lowest BCUT2D eigenvalue weighted by Crippen LogP contribution is -2.58. The van der Waals surface area contributed by atoms with E-state index in [1.807, 2.05) is 0 Å². The first-order valence-electron chi connectivity index (χ1n) is 8.97. The highest BCUT2D eigenvalue weighted by Crippen LogP contribution is 2.04. The van der Waals surface area contributed by atoms with Gasteiger partial charge in [-0.1, -0.05) is 0 Å². The number of carbonyl (C=O) groups excluding carboxylic acids is 3. The fourth-order valence-corrected chi connectivity index (χ4v) is 2.42. The zero-order valence-electron chi connectivity index (χ0n) is 16.3. The Hall–Kier alpha value is -2.91. The number of hydrogen-bond acceptors (Lipinski definition) is 9. The van der Waals surface area contributed by atoms with Gasteiger partial charge in [-0.25, -0.2) is 4.79 Å². The number of amides is 3. The van der Waals surface area contributed by atoms with E-state index < -0.39 is 92.1 Å². The van der Waals surface area contributed by atoms with Crippen molar-refractivity contribution in [2.75, 3.05) is 12.4 Å². The Kier molecular flexibility index (Phi) is 12.8. The van der Waals surface area contributed by atoms with Crippen molar-refractivity contribution in [2.45, 2.75) is 49.9 Å². The van der Waals surface area contributed by atoms with Gasteiger partial charge in [-0.2, -0.15) is 12.6 Å². The predicted octanol–water partition coefficient (Wildman–Crippen LogP) is -3.50. The summed E-state index contributed by atoms with van der Waals surface area (Å²) >= 11 is 3.91. The van der Waals surface area contributed by atoms with E-state index in [9.17, 15) is 28.8 Å². The molecule has 15 heteroatoms. The molecule has 0 spiro atoms. The minimum absolute atomic E-state index is 0.237. The molecule has 3 amide bonds. The lowest BCUT2D eigenvalue weighted by atomic mass is 10.1. The molecule has 4 atom stereocenters. The molecule has 0 aromatic rings. The van der Waals surface area contributed by atoms with Crippen LogP contribution in [0.4, 0.5) is 0 Å². The Morgan fingerprint density at radius 1 is 0.742 bits per heavy atom. The number of carbonyl (C=O) groups is 6. The van der Waals surface area contributed by atoms with Crippen molar-refractivity contribution in [3.63, 3.8) is 0 Å². The molecule has 9 N–H and O–H groups in total. The molecule has 14 nitrogen and oxygen atoms in total. The van der Waals surface area contributed by atoms with Gasteiger partial charge in [-0.15, -0.1) is 0 Å². The highest BCUT2D eigenvalue weighted by molar-refractivity contribution is 7.80. The number of aliphatic hydroxyl groups is 1. The van der Waals surface area contributed by atoms with Gasteiger partial charge in [-0.3, -0.25) is 24.0 Å². The number of hydrogen-bond donors (Lipinski definition) is 9. The van der Waals surface area contributed by atoms with E-state index in [0.29, 0.717) is 0 Å². The van der Waals surface area contributed by atoms with Crippen LogP contribution in [0.3, 0.4) is 0 Å². The SMILES string of the molecule is NC(CO)C(=O)NC(CS)C(=O)NC(CCC(=O)O)C(=O)NC(CCC(=O)O)C(=O)O. The summed E-state index contributed by atoms with van der Waals surface area (Å²) in [5, 5.41) is 42.0. The first-order chi connectivity index (χ1) is 14.4. The van der Waals surface area contributed by atoms with Crippen molar-refractivity contribution in [3.8, 4) is 0 Å². The predicted molar refractivity (Wildman–Crippen MR) is 106 cm³/mol. The van der Waals surface area contributed by atoms with Crippen molar-refractivity contribution in [2.24, 2.45) is 5.73 Å². The lowest BCUT2D eigenvalue weighted by molar-refractivity contribution is -0.144. The van der Waals surface area contributed by atoms with Crippen LogP contribution >= 0.6 is 12.6 Å². The molecule has 0 saturated heterocycles. The standard InChI is InChI=1S/C16H26N4O10S/c17-7(5-21)13(26)20-10(6-31)15(28)18-8(1-3-11(22)23)14(27)19-9(16(29)30)2-4-12(24)25/h7-10,21,31H,1-6,17H2,(H,18,28)(H,19,27)(H,20,26)(H,22,23)(H,24,25)(H,29,30). The van der Waals surface area contributed by atoms with E-state index in [-0.39, 0.29) is 5.75 Å². The summed E-state index contributed by atoms with van der Waals surface area (Å²) in [4.78, 5) is 69.4. The van der Waals surface area contributed by atoms with Gasteiger partial charge in [0.2, 0.25) is 17.7 Å². The first kappa shape index (κ1) is 28.1. The fourth-order valence-electron chi connectivity index (χ4n) is 2.16. The molecule has 0 aromatic heterocycles. The topological polar surface area (TPSA) is 245 Å². The van der Waals surface area contributed by atoms with Gasteiger partial charge in [0.1, 0.15) is 24.2 Å². The number of nitrogens with one attached hydrogen (secondary N) is 3. The number of rotatable bonds is 15. The van der Waals surface area contributed by atoms with Crippen LogP contribution in [0.2, 0.25) is 0 Å². The maximum absolute atomic E-state index is 12.4. The van der Waals surface area contributed by atoms with Crippen molar-refractivity contribution < 1.29 is 49.2 Å². The van der Waals surface area contributed by atoms with Crippen LogP contribution in [0.1, 0.15) is 25.7 Å². The summed E-state index contributed by atoms with van der Waals surface area (Å²) in [6.07, 6.45) is -1.97. The van der Waals surface area contributed by atoms with Gasteiger partial charge in [0, 0.05) is 18.6 Å². The normalized spacial score (nSPS) is 14.4. The second-order valence-corrected chi connectivity index (χ2v) is 6.72. The Morgan fingerprint density at radius 2 is 1.16 bits per heavy atom. The minimum Gasteiger partial charge on any atom is -0.481 e. The zero-order valence-corrected chi connectivity index (χ0v) is 17.2. The Bertz CT molecular complexity index is 689. The molecule has 4 unspecified atom stereocenters. The summed E-state index contributed by atoms with van der Waals surface area (Å²) in [7, 11) is 0. The Balaban J connectivity index is 5.33. The second kappa shape index (κ2) is 14.2. The average molecular weight is 466 g/mol. The number of thiol groups is 1. The van der Waals surface area contributed by atoms with Gasteiger partial charge >= 0.3 is 17.9 Å². The molecule has 0 aromatic carbocycles. The third kappa shape index (κ3) is 11.2. The highest BCUT2D eigenvalue weighted by Gasteiger charge is 2.30. The van der Waals surface area contributed by atoms with Crippen molar-refractivity contribution >= 4 is 48.3 Å². The largest absolute Gasteiger partial charge is 0.481 e. The van der Waals surface area contributed by atoms with Gasteiger partial charge in [0.05, 0.1) is 6.61 Å². The van der Waals surface area contributed by atoms with Gasteiger partial charge in [0.15, 0.2) is 0 Å². The molecule has 0 aliphatic heterocycles. The quantitative estimate of drug-likeness (QED) is 0.107. The summed E-state index contributed by atoms with van der Waals surface area (Å²) in [6, 6.07) is -5.69. The first-order valence-corrected chi connectivity index (χ1v) is 9.60. The minimum atomic E-state index is -1.59. The van der Waals surface area contributed by atoms with Gasteiger partial charge < -0.3 is 42.1 Å². The van der Waals surface area contributed by atoms with E-state index in [2.05, 4.69) is 28.6 Å². The van der Waals surface area contributed by atoms with E-state index in [0.717, 1.165) is 0 Å². The number of nitrogens with two attached hydrogens (primary N) is 1. The summed E-state index contributed by atoms with van der Waals surface area (Å²) in [5.41, 5.74) is 5.34. The zero-order chi connectivity index (χ0) is 24.1. The summed E-state index contributed by atoms with van der Waals surface area (Å²) in [6.45, 7) is -0.691. The molecule has 0 aliphatic rings. The molecule has 0 radical (unpaired) electrons. The number of aliphatic carboxylic acids is 3. The highest BCUT2D eigenvalue weighted by atomic mass is 32.1. The van der Waals surface area contributed by atoms with Crippen LogP contribution < -0.4 is 21.7 Å². The molecule has 0 rings (SSSR count). The number of carboxylic acid groups (broad SMARTS) is 3. The monoisotopic (exact) mass is 466 g/mol. The van der Waals surface area contributed by atoms with Crippen LogP contribution in [0.25, 0.3) is 0 Å². The second-order valence-electron chi connectivity index (χ2n) is 6.36. The van der Waals surface area contributed by atoms with Crippen LogP contribution in [0, 0.1) is 0 Å². The van der Waals surface area contributed by atoms with Crippen molar-refractivity contribution in [1.29, 1.82) is 0 Å². The molecule has 0 fully saturated rings. The molecular weight excluding hydrogens is 440 g/mol. The third-order valence-corrected chi connectivity index (χ3v) is 4.26. The van der Waals surface area contributed by atoms with Crippen LogP contribution in [-0.4, -0.2) is 92.6 Å². The summed E-state index contributed by atoms with van der Waals surface area (Å²) in [5.74, 6) is -7.19.